The number of nitriles is 1. The number of rotatable bonds is 5. The molecule has 0 N–H and O–H groups in total. The minimum absolute atomic E-state index is 0.0322. The number of hydrogen-bond acceptors (Lipinski definition) is 2. The summed E-state index contributed by atoms with van der Waals surface area (Å²) in [5.41, 5.74) is 4.10. The van der Waals surface area contributed by atoms with Crippen LogP contribution in [-0.2, 0) is 11.2 Å². The van der Waals surface area contributed by atoms with Crippen LogP contribution in [0.4, 0.5) is 0 Å². The zero-order valence-electron chi connectivity index (χ0n) is 18.5. The van der Waals surface area contributed by atoms with E-state index in [-0.39, 0.29) is 5.92 Å². The third-order valence-corrected chi connectivity index (χ3v) is 8.00. The van der Waals surface area contributed by atoms with Gasteiger partial charge in [0.2, 0.25) is 5.91 Å². The molecule has 1 atom stereocenters. The smallest absolute Gasteiger partial charge is 0.226 e. The molecule has 0 radical (unpaired) electrons. The summed E-state index contributed by atoms with van der Waals surface area (Å²) in [7, 11) is 0. The summed E-state index contributed by atoms with van der Waals surface area (Å²) in [4.78, 5) is 15.3. The maximum absolute atomic E-state index is 13.2. The highest BCUT2D eigenvalue weighted by Gasteiger charge is 2.39. The molecule has 2 aliphatic rings. The summed E-state index contributed by atoms with van der Waals surface area (Å²) in [6, 6.07) is 16.2. The van der Waals surface area contributed by atoms with Gasteiger partial charge in [0.1, 0.15) is 0 Å². The zero-order valence-corrected chi connectivity index (χ0v) is 19.3. The van der Waals surface area contributed by atoms with Gasteiger partial charge in [-0.3, -0.25) is 4.79 Å². The van der Waals surface area contributed by atoms with Gasteiger partial charge in [-0.1, -0.05) is 56.1 Å². The van der Waals surface area contributed by atoms with Gasteiger partial charge in [-0.25, -0.2) is 0 Å². The van der Waals surface area contributed by atoms with E-state index >= 15 is 0 Å². The largest absolute Gasteiger partial charge is 0.339 e. The Morgan fingerprint density at radius 3 is 2.55 bits per heavy atom. The fourth-order valence-electron chi connectivity index (χ4n) is 5.21. The Balaban J connectivity index is 1.42. The highest BCUT2D eigenvalue weighted by molar-refractivity contribution is 6.31. The molecule has 1 unspecified atom stereocenters. The number of hydrogen-bond donors (Lipinski definition) is 0. The molecule has 1 amide bonds. The quantitative estimate of drug-likeness (QED) is 0.530. The summed E-state index contributed by atoms with van der Waals surface area (Å²) >= 11 is 6.62. The van der Waals surface area contributed by atoms with E-state index in [2.05, 4.69) is 24.8 Å². The first kappa shape index (κ1) is 21.9. The van der Waals surface area contributed by atoms with Crippen LogP contribution in [0.15, 0.2) is 42.5 Å². The number of likely N-dealkylation sites (tertiary alicyclic amines) is 1. The number of carbonyl (C=O) groups is 1. The number of halogens is 1. The lowest BCUT2D eigenvalue weighted by atomic mass is 9.72. The van der Waals surface area contributed by atoms with Crippen molar-refractivity contribution in [2.75, 3.05) is 6.54 Å². The van der Waals surface area contributed by atoms with Crippen LogP contribution in [0.1, 0.15) is 63.5 Å². The van der Waals surface area contributed by atoms with Crippen molar-refractivity contribution in [2.45, 2.75) is 64.8 Å². The molecule has 1 saturated heterocycles. The van der Waals surface area contributed by atoms with Crippen molar-refractivity contribution in [3.05, 3.63) is 58.6 Å². The molecule has 0 aromatic heterocycles. The van der Waals surface area contributed by atoms with E-state index in [9.17, 15) is 4.79 Å². The third kappa shape index (κ3) is 4.65. The first-order valence-corrected chi connectivity index (χ1v) is 11.9. The van der Waals surface area contributed by atoms with Crippen molar-refractivity contribution in [1.82, 2.24) is 4.90 Å². The van der Waals surface area contributed by atoms with E-state index in [4.69, 9.17) is 16.9 Å². The Hall–Kier alpha value is -2.31. The van der Waals surface area contributed by atoms with Crippen LogP contribution >= 0.6 is 11.6 Å². The van der Waals surface area contributed by atoms with Crippen LogP contribution < -0.4 is 0 Å². The number of benzene rings is 2. The number of amides is 1. The fourth-order valence-corrected chi connectivity index (χ4v) is 5.46. The minimum Gasteiger partial charge on any atom is -0.339 e. The van der Waals surface area contributed by atoms with Crippen LogP contribution in [0.3, 0.4) is 0 Å². The Labute approximate surface area is 191 Å². The second kappa shape index (κ2) is 9.05. The highest BCUT2D eigenvalue weighted by Crippen LogP contribution is 2.41. The van der Waals surface area contributed by atoms with Gasteiger partial charge in [-0.15, -0.1) is 0 Å². The molecule has 3 nitrogen and oxygen atoms in total. The van der Waals surface area contributed by atoms with Crippen molar-refractivity contribution < 1.29 is 4.79 Å². The highest BCUT2D eigenvalue weighted by atomic mass is 35.5. The van der Waals surface area contributed by atoms with E-state index in [0.717, 1.165) is 42.5 Å². The van der Waals surface area contributed by atoms with Gasteiger partial charge in [-0.2, -0.15) is 5.26 Å². The third-order valence-electron chi connectivity index (χ3n) is 7.65. The van der Waals surface area contributed by atoms with Crippen molar-refractivity contribution in [1.29, 1.82) is 5.26 Å². The Morgan fingerprint density at radius 2 is 1.87 bits per heavy atom. The van der Waals surface area contributed by atoms with Gasteiger partial charge >= 0.3 is 0 Å². The topological polar surface area (TPSA) is 44.1 Å². The van der Waals surface area contributed by atoms with Gasteiger partial charge in [-0.05, 0) is 78.8 Å². The van der Waals surface area contributed by atoms with Crippen molar-refractivity contribution >= 4 is 17.5 Å². The van der Waals surface area contributed by atoms with Crippen LogP contribution in [0.2, 0.25) is 5.02 Å². The normalized spacial score (nSPS) is 26.1. The van der Waals surface area contributed by atoms with Crippen molar-refractivity contribution in [2.24, 2.45) is 11.3 Å². The van der Waals surface area contributed by atoms with Crippen LogP contribution in [-0.4, -0.2) is 23.4 Å². The molecular weight excluding hydrogens is 404 g/mol. The molecule has 1 heterocycles. The molecule has 2 aromatic carbocycles. The molecule has 1 aliphatic carbocycles. The van der Waals surface area contributed by atoms with Gasteiger partial charge < -0.3 is 4.90 Å². The average molecular weight is 435 g/mol. The SMILES string of the molecule is CCC1(C)CCC(N2CCC(Cc3ccc(-c4cccc(C#N)c4)cc3Cl)C2=O)CC1. The Kier molecular flexibility index (Phi) is 6.39. The van der Waals surface area contributed by atoms with Crippen molar-refractivity contribution in [3.63, 3.8) is 0 Å². The fraction of sp³-hybridized carbons (Fsp3) is 0.481. The summed E-state index contributed by atoms with van der Waals surface area (Å²) in [6.45, 7) is 5.56. The lowest BCUT2D eigenvalue weighted by Crippen LogP contribution is -2.41. The van der Waals surface area contributed by atoms with Crippen LogP contribution in [0.25, 0.3) is 11.1 Å². The molecule has 2 aromatic rings. The monoisotopic (exact) mass is 434 g/mol. The van der Waals surface area contributed by atoms with Gasteiger partial charge in [0.25, 0.3) is 0 Å². The van der Waals surface area contributed by atoms with Gasteiger partial charge in [0, 0.05) is 23.5 Å². The Bertz CT molecular complexity index is 1000. The van der Waals surface area contributed by atoms with E-state index in [1.165, 1.54) is 19.3 Å². The minimum atomic E-state index is 0.0322. The molecular formula is C27H31ClN2O. The lowest BCUT2D eigenvalue weighted by molar-refractivity contribution is -0.133. The van der Waals surface area contributed by atoms with Gasteiger partial charge in [0.15, 0.2) is 0 Å². The zero-order chi connectivity index (χ0) is 22.0. The number of carbonyl (C=O) groups excluding carboxylic acids is 1. The summed E-state index contributed by atoms with van der Waals surface area (Å²) in [5, 5.41) is 9.83. The maximum atomic E-state index is 13.2. The van der Waals surface area contributed by atoms with E-state index in [0.29, 0.717) is 34.4 Å². The maximum Gasteiger partial charge on any atom is 0.226 e. The number of nitrogens with zero attached hydrogens (tertiary/aromatic N) is 2. The molecule has 2 fully saturated rings. The summed E-state index contributed by atoms with van der Waals surface area (Å²) in [6.07, 6.45) is 7.58. The molecule has 4 rings (SSSR count). The predicted molar refractivity (Wildman–Crippen MR) is 126 cm³/mol. The van der Waals surface area contributed by atoms with E-state index in [1.54, 1.807) is 6.07 Å². The molecule has 31 heavy (non-hydrogen) atoms. The van der Waals surface area contributed by atoms with E-state index in [1.807, 2.05) is 36.4 Å². The first-order valence-electron chi connectivity index (χ1n) is 11.5. The molecule has 162 valence electrons. The molecule has 0 bridgehead atoms. The van der Waals surface area contributed by atoms with Crippen molar-refractivity contribution in [3.8, 4) is 17.2 Å². The summed E-state index contributed by atoms with van der Waals surface area (Å²) < 4.78 is 0. The second-order valence-corrected chi connectivity index (χ2v) is 10.0. The van der Waals surface area contributed by atoms with Gasteiger partial charge in [0.05, 0.1) is 11.6 Å². The first-order chi connectivity index (χ1) is 14.9. The lowest BCUT2D eigenvalue weighted by Gasteiger charge is -2.40. The molecule has 1 aliphatic heterocycles. The summed E-state index contributed by atoms with van der Waals surface area (Å²) in [5.74, 6) is 0.344. The van der Waals surface area contributed by atoms with Crippen LogP contribution in [0.5, 0.6) is 0 Å². The average Bonchev–Trinajstić information content (AvgIpc) is 3.15. The predicted octanol–water partition coefficient (Wildman–Crippen LogP) is 6.63. The molecule has 1 saturated carbocycles. The van der Waals surface area contributed by atoms with Crippen LogP contribution in [0, 0.1) is 22.7 Å². The molecule has 4 heteroatoms. The Morgan fingerprint density at radius 1 is 1.13 bits per heavy atom. The standard InChI is InChI=1S/C27H31ClN2O/c1-3-27(2)12-9-24(10-13-27)30-14-11-23(26(30)31)16-22-8-7-21(17-25(22)28)20-6-4-5-19(15-20)18-29/h4-8,15,17,23-24H,3,9-14,16H2,1-2H3. The second-order valence-electron chi connectivity index (χ2n) is 9.62. The van der Waals surface area contributed by atoms with E-state index < -0.39 is 0 Å². The molecule has 0 spiro atoms.